The molecule has 0 amide bonds. The molecule has 3 heteroatoms. The Hall–Kier alpha value is -2.42. The van der Waals surface area contributed by atoms with Gasteiger partial charge in [-0.2, -0.15) is 0 Å². The summed E-state index contributed by atoms with van der Waals surface area (Å²) in [6.07, 6.45) is 3.91. The van der Waals surface area contributed by atoms with Gasteiger partial charge in [0.1, 0.15) is 17.7 Å². The van der Waals surface area contributed by atoms with Crippen LogP contribution < -0.4 is 0 Å². The highest BCUT2D eigenvalue weighted by molar-refractivity contribution is 5.79. The van der Waals surface area contributed by atoms with E-state index in [1.54, 1.807) is 30.5 Å². The first-order valence-electron chi connectivity index (χ1n) is 5.11. The van der Waals surface area contributed by atoms with Crippen LogP contribution in [0, 0.1) is 0 Å². The predicted molar refractivity (Wildman–Crippen MR) is 66.8 cm³/mol. The van der Waals surface area contributed by atoms with Crippen LogP contribution in [0.5, 0.6) is 5.75 Å². The van der Waals surface area contributed by atoms with E-state index in [9.17, 15) is 9.90 Å². The van der Waals surface area contributed by atoms with E-state index in [-0.39, 0.29) is 5.75 Å². The van der Waals surface area contributed by atoms with Crippen molar-refractivity contribution in [1.29, 1.82) is 0 Å². The monoisotopic (exact) mass is 225 g/mol. The number of nitrogens with zero attached hydrogens (tertiary/aromatic N) is 1. The summed E-state index contributed by atoms with van der Waals surface area (Å²) < 4.78 is 0. The number of carbonyl (C=O) groups excluding carboxylic acids is 1. The van der Waals surface area contributed by atoms with Crippen LogP contribution >= 0.6 is 0 Å². The molecule has 0 spiro atoms. The van der Waals surface area contributed by atoms with Crippen molar-refractivity contribution >= 4 is 12.4 Å². The van der Waals surface area contributed by atoms with E-state index in [0.29, 0.717) is 11.3 Å². The number of aromatic nitrogens is 1. The van der Waals surface area contributed by atoms with Crippen molar-refractivity contribution < 1.29 is 9.90 Å². The standard InChI is InChI=1S/C14H11NO2/c1-2-13-14(17)7-12(8-15-13)11-5-3-4-10(6-11)9-16/h2-9,17H,1H2. The van der Waals surface area contributed by atoms with E-state index in [2.05, 4.69) is 11.6 Å². The van der Waals surface area contributed by atoms with Crippen molar-refractivity contribution in [2.45, 2.75) is 0 Å². The molecule has 0 atom stereocenters. The molecule has 0 saturated carbocycles. The number of carbonyl (C=O) groups is 1. The molecule has 0 aliphatic carbocycles. The minimum Gasteiger partial charge on any atom is -0.506 e. The molecule has 2 rings (SSSR count). The van der Waals surface area contributed by atoms with Crippen molar-refractivity contribution in [2.24, 2.45) is 0 Å². The third-order valence-electron chi connectivity index (χ3n) is 2.45. The molecule has 1 N–H and O–H groups in total. The fourth-order valence-corrected chi connectivity index (χ4v) is 1.57. The highest BCUT2D eigenvalue weighted by atomic mass is 16.3. The fraction of sp³-hybridized carbons (Fsp3) is 0. The average Bonchev–Trinajstić information content (AvgIpc) is 2.38. The van der Waals surface area contributed by atoms with Crippen molar-refractivity contribution in [3.05, 3.63) is 54.4 Å². The van der Waals surface area contributed by atoms with E-state index in [0.717, 1.165) is 17.4 Å². The highest BCUT2D eigenvalue weighted by Crippen LogP contribution is 2.25. The molecular formula is C14H11NO2. The molecular weight excluding hydrogens is 214 g/mol. The molecule has 0 bridgehead atoms. The second-order valence-electron chi connectivity index (χ2n) is 3.58. The third kappa shape index (κ3) is 2.23. The van der Waals surface area contributed by atoms with Gasteiger partial charge in [-0.05, 0) is 23.8 Å². The summed E-state index contributed by atoms with van der Waals surface area (Å²) in [5.41, 5.74) is 2.64. The first-order valence-corrected chi connectivity index (χ1v) is 5.11. The van der Waals surface area contributed by atoms with Crippen LogP contribution in [0.4, 0.5) is 0 Å². The van der Waals surface area contributed by atoms with Crippen LogP contribution in [0.3, 0.4) is 0 Å². The molecule has 0 aliphatic heterocycles. The molecule has 84 valence electrons. The third-order valence-corrected chi connectivity index (χ3v) is 2.45. The number of aldehydes is 1. The van der Waals surface area contributed by atoms with Gasteiger partial charge in [0.05, 0.1) is 0 Å². The van der Waals surface area contributed by atoms with Gasteiger partial charge in [0.15, 0.2) is 0 Å². The van der Waals surface area contributed by atoms with Gasteiger partial charge in [-0.25, -0.2) is 0 Å². The number of aromatic hydroxyl groups is 1. The van der Waals surface area contributed by atoms with Crippen LogP contribution in [-0.2, 0) is 0 Å². The summed E-state index contributed by atoms with van der Waals surface area (Å²) >= 11 is 0. The summed E-state index contributed by atoms with van der Waals surface area (Å²) in [6.45, 7) is 3.55. The number of benzene rings is 1. The molecule has 0 aliphatic rings. The summed E-state index contributed by atoms with van der Waals surface area (Å²) in [5.74, 6) is 0.0778. The number of hydrogen-bond donors (Lipinski definition) is 1. The quantitative estimate of drug-likeness (QED) is 0.817. The van der Waals surface area contributed by atoms with E-state index in [1.807, 2.05) is 6.07 Å². The Kier molecular flexibility index (Phi) is 3.01. The lowest BCUT2D eigenvalue weighted by Crippen LogP contribution is -1.86. The van der Waals surface area contributed by atoms with Gasteiger partial charge in [-0.3, -0.25) is 9.78 Å². The van der Waals surface area contributed by atoms with E-state index in [1.165, 1.54) is 6.08 Å². The maximum atomic E-state index is 10.7. The van der Waals surface area contributed by atoms with Gasteiger partial charge in [0.2, 0.25) is 0 Å². The van der Waals surface area contributed by atoms with Crippen molar-refractivity contribution in [3.63, 3.8) is 0 Å². The Morgan fingerprint density at radius 3 is 2.71 bits per heavy atom. The lowest BCUT2D eigenvalue weighted by atomic mass is 10.0. The Morgan fingerprint density at radius 2 is 2.06 bits per heavy atom. The molecule has 0 radical (unpaired) electrons. The maximum absolute atomic E-state index is 10.7. The van der Waals surface area contributed by atoms with Gasteiger partial charge >= 0.3 is 0 Å². The normalized spacial score (nSPS) is 9.88. The van der Waals surface area contributed by atoms with Gasteiger partial charge < -0.3 is 5.11 Å². The zero-order valence-corrected chi connectivity index (χ0v) is 9.13. The zero-order chi connectivity index (χ0) is 12.3. The Bertz CT molecular complexity index is 576. The summed E-state index contributed by atoms with van der Waals surface area (Å²) in [5, 5.41) is 9.68. The molecule has 17 heavy (non-hydrogen) atoms. The highest BCUT2D eigenvalue weighted by Gasteiger charge is 2.04. The molecule has 0 fully saturated rings. The predicted octanol–water partition coefficient (Wildman–Crippen LogP) is 2.91. The van der Waals surface area contributed by atoms with Gasteiger partial charge in [-0.15, -0.1) is 0 Å². The Labute approximate surface area is 99.1 Å². The van der Waals surface area contributed by atoms with Crippen molar-refractivity contribution in [3.8, 4) is 16.9 Å². The number of pyridine rings is 1. The Balaban J connectivity index is 2.49. The SMILES string of the molecule is C=Cc1ncc(-c2cccc(C=O)c2)cc1O. The van der Waals surface area contributed by atoms with Crippen LogP contribution in [-0.4, -0.2) is 16.4 Å². The topological polar surface area (TPSA) is 50.2 Å². The average molecular weight is 225 g/mol. The first kappa shape index (κ1) is 11.1. The molecule has 2 aromatic rings. The van der Waals surface area contributed by atoms with E-state index in [4.69, 9.17) is 0 Å². The van der Waals surface area contributed by atoms with Crippen molar-refractivity contribution in [1.82, 2.24) is 4.98 Å². The van der Waals surface area contributed by atoms with Gasteiger partial charge in [0.25, 0.3) is 0 Å². The lowest BCUT2D eigenvalue weighted by Gasteiger charge is -2.04. The summed E-state index contributed by atoms with van der Waals surface area (Å²) in [4.78, 5) is 14.8. The summed E-state index contributed by atoms with van der Waals surface area (Å²) in [7, 11) is 0. The first-order chi connectivity index (χ1) is 8.24. The van der Waals surface area contributed by atoms with Gasteiger partial charge in [-0.1, -0.05) is 24.8 Å². The fourth-order valence-electron chi connectivity index (χ4n) is 1.57. The second kappa shape index (κ2) is 4.61. The van der Waals surface area contributed by atoms with E-state index < -0.39 is 0 Å². The largest absolute Gasteiger partial charge is 0.506 e. The Morgan fingerprint density at radius 1 is 1.24 bits per heavy atom. The minimum atomic E-state index is 0.0778. The van der Waals surface area contributed by atoms with Crippen LogP contribution in [0.25, 0.3) is 17.2 Å². The molecule has 0 unspecified atom stereocenters. The molecule has 3 nitrogen and oxygen atoms in total. The van der Waals surface area contributed by atoms with Crippen LogP contribution in [0.15, 0.2) is 43.1 Å². The second-order valence-corrected chi connectivity index (χ2v) is 3.58. The van der Waals surface area contributed by atoms with E-state index >= 15 is 0 Å². The summed E-state index contributed by atoms with van der Waals surface area (Å²) in [6, 6.07) is 8.72. The molecule has 1 heterocycles. The maximum Gasteiger partial charge on any atom is 0.150 e. The molecule has 0 saturated heterocycles. The zero-order valence-electron chi connectivity index (χ0n) is 9.13. The number of rotatable bonds is 3. The molecule has 1 aromatic heterocycles. The van der Waals surface area contributed by atoms with Crippen molar-refractivity contribution in [2.75, 3.05) is 0 Å². The number of hydrogen-bond acceptors (Lipinski definition) is 3. The van der Waals surface area contributed by atoms with Crippen LogP contribution in [0.1, 0.15) is 16.1 Å². The minimum absolute atomic E-state index is 0.0778. The lowest BCUT2D eigenvalue weighted by molar-refractivity contribution is 0.112. The van der Waals surface area contributed by atoms with Crippen LogP contribution in [0.2, 0.25) is 0 Å². The molecule has 1 aromatic carbocycles. The smallest absolute Gasteiger partial charge is 0.150 e. The van der Waals surface area contributed by atoms with Gasteiger partial charge in [0, 0.05) is 17.3 Å².